The van der Waals surface area contributed by atoms with E-state index < -0.39 is 11.9 Å². The predicted molar refractivity (Wildman–Crippen MR) is 95.7 cm³/mol. The maximum atomic E-state index is 12.5. The van der Waals surface area contributed by atoms with Gasteiger partial charge in [-0.1, -0.05) is 24.3 Å². The molecule has 2 rings (SSSR count). The summed E-state index contributed by atoms with van der Waals surface area (Å²) in [5, 5.41) is 0. The van der Waals surface area contributed by atoms with Crippen molar-refractivity contribution in [2.45, 2.75) is 6.54 Å². The minimum atomic E-state index is -0.615. The third kappa shape index (κ3) is 4.16. The van der Waals surface area contributed by atoms with E-state index in [0.717, 1.165) is 11.3 Å². The van der Waals surface area contributed by atoms with Gasteiger partial charge in [-0.3, -0.25) is 0 Å². The van der Waals surface area contributed by atoms with E-state index in [2.05, 4.69) is 0 Å². The lowest BCUT2D eigenvalue weighted by Crippen LogP contribution is -2.28. The fourth-order valence-corrected chi connectivity index (χ4v) is 2.57. The SMILES string of the molecule is COC(=O)C1=C(C(=O)OC)N(c2ccccc2CN(C)C)C=CC=C1. The summed E-state index contributed by atoms with van der Waals surface area (Å²) in [6, 6.07) is 7.69. The average Bonchev–Trinajstić information content (AvgIpc) is 2.83. The van der Waals surface area contributed by atoms with Gasteiger partial charge < -0.3 is 19.3 Å². The number of esters is 2. The molecule has 0 saturated carbocycles. The van der Waals surface area contributed by atoms with Crippen LogP contribution in [0.5, 0.6) is 0 Å². The Kier molecular flexibility index (Phi) is 6.14. The van der Waals surface area contributed by atoms with Crippen molar-refractivity contribution in [3.8, 4) is 0 Å². The van der Waals surface area contributed by atoms with Gasteiger partial charge in [-0.2, -0.15) is 0 Å². The molecule has 0 aliphatic carbocycles. The van der Waals surface area contributed by atoms with E-state index in [1.165, 1.54) is 14.2 Å². The largest absolute Gasteiger partial charge is 0.465 e. The fraction of sp³-hybridized carbons (Fsp3) is 0.263. The van der Waals surface area contributed by atoms with Gasteiger partial charge >= 0.3 is 11.9 Å². The molecular weight excluding hydrogens is 320 g/mol. The molecule has 1 aromatic carbocycles. The lowest BCUT2D eigenvalue weighted by molar-refractivity contribution is -0.139. The van der Waals surface area contributed by atoms with Crippen molar-refractivity contribution >= 4 is 17.6 Å². The van der Waals surface area contributed by atoms with E-state index in [-0.39, 0.29) is 11.3 Å². The molecule has 0 aromatic heterocycles. The zero-order valence-corrected chi connectivity index (χ0v) is 14.9. The number of rotatable bonds is 5. The van der Waals surface area contributed by atoms with Gasteiger partial charge in [0.05, 0.1) is 25.5 Å². The Balaban J connectivity index is 2.66. The first-order chi connectivity index (χ1) is 12.0. The zero-order valence-electron chi connectivity index (χ0n) is 14.9. The van der Waals surface area contributed by atoms with E-state index in [1.54, 1.807) is 29.3 Å². The lowest BCUT2D eigenvalue weighted by atomic mass is 10.1. The molecule has 0 bridgehead atoms. The van der Waals surface area contributed by atoms with Crippen LogP contribution in [0.4, 0.5) is 5.69 Å². The van der Waals surface area contributed by atoms with Crippen molar-refractivity contribution in [1.29, 1.82) is 0 Å². The highest BCUT2D eigenvalue weighted by Gasteiger charge is 2.28. The molecule has 25 heavy (non-hydrogen) atoms. The van der Waals surface area contributed by atoms with Crippen molar-refractivity contribution < 1.29 is 19.1 Å². The molecule has 1 heterocycles. The van der Waals surface area contributed by atoms with E-state index in [4.69, 9.17) is 9.47 Å². The Morgan fingerprint density at radius 1 is 1.04 bits per heavy atom. The Labute approximate surface area is 147 Å². The predicted octanol–water partition coefficient (Wildman–Crippen LogP) is 2.24. The van der Waals surface area contributed by atoms with Crippen molar-refractivity contribution in [3.05, 3.63) is 65.5 Å². The molecule has 132 valence electrons. The summed E-state index contributed by atoms with van der Waals surface area (Å²) in [5.74, 6) is -1.22. The zero-order chi connectivity index (χ0) is 18.4. The molecule has 6 heteroatoms. The standard InChI is InChI=1S/C19H22N2O4/c1-20(2)13-14-9-5-6-11-16(14)21-12-8-7-10-15(18(22)24-3)17(21)19(23)25-4/h5-12H,13H2,1-4H3. The maximum Gasteiger partial charge on any atom is 0.355 e. The summed E-state index contributed by atoms with van der Waals surface area (Å²) in [4.78, 5) is 28.3. The summed E-state index contributed by atoms with van der Waals surface area (Å²) in [7, 11) is 6.49. The van der Waals surface area contributed by atoms with Crippen LogP contribution in [-0.2, 0) is 25.6 Å². The van der Waals surface area contributed by atoms with Gasteiger partial charge in [0.25, 0.3) is 0 Å². The van der Waals surface area contributed by atoms with Crippen molar-refractivity contribution in [2.24, 2.45) is 0 Å². The number of carbonyl (C=O) groups excluding carboxylic acids is 2. The van der Waals surface area contributed by atoms with E-state index in [9.17, 15) is 9.59 Å². The third-order valence-electron chi connectivity index (χ3n) is 3.63. The van der Waals surface area contributed by atoms with Crippen molar-refractivity contribution in [3.63, 3.8) is 0 Å². The molecule has 0 fully saturated rings. The first-order valence-corrected chi connectivity index (χ1v) is 7.77. The number of nitrogens with zero attached hydrogens (tertiary/aromatic N) is 2. The summed E-state index contributed by atoms with van der Waals surface area (Å²) in [5.41, 5.74) is 2.05. The molecule has 1 aromatic rings. The minimum Gasteiger partial charge on any atom is -0.465 e. The molecule has 0 amide bonds. The van der Waals surface area contributed by atoms with Crippen LogP contribution in [0.1, 0.15) is 5.56 Å². The highest BCUT2D eigenvalue weighted by atomic mass is 16.5. The topological polar surface area (TPSA) is 59.1 Å². The number of ether oxygens (including phenoxy) is 2. The lowest BCUT2D eigenvalue weighted by Gasteiger charge is -2.26. The fourth-order valence-electron chi connectivity index (χ4n) is 2.57. The minimum absolute atomic E-state index is 0.116. The van der Waals surface area contributed by atoms with E-state index in [0.29, 0.717) is 6.54 Å². The maximum absolute atomic E-state index is 12.5. The van der Waals surface area contributed by atoms with Gasteiger partial charge in [-0.05, 0) is 37.9 Å². The van der Waals surface area contributed by atoms with Crippen LogP contribution in [0.15, 0.2) is 60.0 Å². The Hall–Kier alpha value is -2.86. The van der Waals surface area contributed by atoms with Crippen LogP contribution in [0.2, 0.25) is 0 Å². The number of hydrogen-bond donors (Lipinski definition) is 0. The Morgan fingerprint density at radius 3 is 2.36 bits per heavy atom. The van der Waals surface area contributed by atoms with Gasteiger partial charge in [0.1, 0.15) is 5.70 Å². The van der Waals surface area contributed by atoms with Crippen LogP contribution >= 0.6 is 0 Å². The Bertz CT molecular complexity index is 748. The average molecular weight is 342 g/mol. The smallest absolute Gasteiger partial charge is 0.355 e. The van der Waals surface area contributed by atoms with Crippen LogP contribution < -0.4 is 4.90 Å². The van der Waals surface area contributed by atoms with Crippen LogP contribution in [0.3, 0.4) is 0 Å². The Morgan fingerprint density at radius 2 is 1.72 bits per heavy atom. The van der Waals surface area contributed by atoms with Crippen LogP contribution in [0, 0.1) is 0 Å². The van der Waals surface area contributed by atoms with Gasteiger partial charge in [-0.15, -0.1) is 0 Å². The number of hydrogen-bond acceptors (Lipinski definition) is 6. The summed E-state index contributed by atoms with van der Waals surface area (Å²) < 4.78 is 9.75. The molecule has 0 saturated heterocycles. The highest BCUT2D eigenvalue weighted by molar-refractivity contribution is 6.05. The number of allylic oxidation sites excluding steroid dienone is 2. The van der Waals surface area contributed by atoms with Gasteiger partial charge in [-0.25, -0.2) is 9.59 Å². The van der Waals surface area contributed by atoms with Gasteiger partial charge in [0.2, 0.25) is 0 Å². The first kappa shape index (κ1) is 18.5. The van der Waals surface area contributed by atoms with Crippen molar-refractivity contribution in [1.82, 2.24) is 4.90 Å². The molecule has 0 atom stereocenters. The van der Waals surface area contributed by atoms with E-state index >= 15 is 0 Å². The second kappa shape index (κ2) is 8.30. The number of carbonyl (C=O) groups is 2. The molecular formula is C19H22N2O4. The molecule has 0 N–H and O–H groups in total. The second-order valence-corrected chi connectivity index (χ2v) is 5.68. The molecule has 6 nitrogen and oxygen atoms in total. The number of para-hydroxylation sites is 1. The summed E-state index contributed by atoms with van der Waals surface area (Å²) >= 11 is 0. The molecule has 0 spiro atoms. The second-order valence-electron chi connectivity index (χ2n) is 5.68. The summed E-state index contributed by atoms with van der Waals surface area (Å²) in [6.07, 6.45) is 6.71. The van der Waals surface area contributed by atoms with Gasteiger partial charge in [0, 0.05) is 12.7 Å². The van der Waals surface area contributed by atoms with Gasteiger partial charge in [0.15, 0.2) is 0 Å². The van der Waals surface area contributed by atoms with Crippen LogP contribution in [-0.4, -0.2) is 45.2 Å². The third-order valence-corrected chi connectivity index (χ3v) is 3.63. The number of methoxy groups -OCH3 is 2. The first-order valence-electron chi connectivity index (χ1n) is 7.77. The number of benzene rings is 1. The highest BCUT2D eigenvalue weighted by Crippen LogP contribution is 2.29. The summed E-state index contributed by atoms with van der Waals surface area (Å²) in [6.45, 7) is 0.677. The number of anilines is 1. The van der Waals surface area contributed by atoms with E-state index in [1.807, 2.05) is 43.3 Å². The normalized spacial score (nSPS) is 13.9. The van der Waals surface area contributed by atoms with Crippen molar-refractivity contribution in [2.75, 3.05) is 33.2 Å². The quantitative estimate of drug-likeness (QED) is 0.765. The molecule has 1 aliphatic heterocycles. The molecule has 0 unspecified atom stereocenters. The monoisotopic (exact) mass is 342 g/mol. The van der Waals surface area contributed by atoms with Crippen LogP contribution in [0.25, 0.3) is 0 Å². The molecule has 0 radical (unpaired) electrons. The molecule has 1 aliphatic rings.